The number of benzene rings is 3. The highest BCUT2D eigenvalue weighted by Gasteiger charge is 2.15. The third-order valence-electron chi connectivity index (χ3n) is 5.17. The van der Waals surface area contributed by atoms with E-state index in [1.165, 1.54) is 13.3 Å². The minimum atomic E-state index is -0.910. The molecule has 0 aromatic heterocycles. The van der Waals surface area contributed by atoms with Crippen molar-refractivity contribution < 1.29 is 23.9 Å². The molecule has 3 N–H and O–H groups in total. The first-order valence-electron chi connectivity index (χ1n) is 11.4. The molecule has 3 amide bonds. The van der Waals surface area contributed by atoms with Crippen molar-refractivity contribution in [1.29, 1.82) is 0 Å². The summed E-state index contributed by atoms with van der Waals surface area (Å²) in [7, 11) is 1.46. The van der Waals surface area contributed by atoms with Gasteiger partial charge in [-0.2, -0.15) is 5.10 Å². The van der Waals surface area contributed by atoms with Crippen molar-refractivity contribution in [3.63, 3.8) is 0 Å². The molecule has 0 atom stereocenters. The zero-order chi connectivity index (χ0) is 26.8. The summed E-state index contributed by atoms with van der Waals surface area (Å²) >= 11 is 3.41. The Morgan fingerprint density at radius 2 is 1.73 bits per heavy atom. The van der Waals surface area contributed by atoms with Crippen molar-refractivity contribution in [1.82, 2.24) is 5.43 Å². The summed E-state index contributed by atoms with van der Waals surface area (Å²) < 4.78 is 11.6. The molecule has 0 aliphatic carbocycles. The van der Waals surface area contributed by atoms with Crippen molar-refractivity contribution in [3.8, 4) is 11.5 Å². The first-order chi connectivity index (χ1) is 17.8. The van der Waals surface area contributed by atoms with Crippen LogP contribution in [0.1, 0.15) is 23.6 Å². The number of nitrogens with zero attached hydrogens (tertiary/aromatic N) is 1. The van der Waals surface area contributed by atoms with E-state index >= 15 is 0 Å². The summed E-state index contributed by atoms with van der Waals surface area (Å²) in [6, 6.07) is 17.9. The van der Waals surface area contributed by atoms with E-state index in [4.69, 9.17) is 9.47 Å². The van der Waals surface area contributed by atoms with Crippen LogP contribution in [0.2, 0.25) is 0 Å². The normalized spacial score (nSPS) is 10.6. The number of hydrazone groups is 1. The Morgan fingerprint density at radius 1 is 1.00 bits per heavy atom. The van der Waals surface area contributed by atoms with E-state index in [1.54, 1.807) is 24.3 Å². The van der Waals surface area contributed by atoms with E-state index in [0.717, 1.165) is 11.1 Å². The molecule has 0 bridgehead atoms. The highest BCUT2D eigenvalue weighted by Crippen LogP contribution is 2.36. The lowest BCUT2D eigenvalue weighted by atomic mass is 10.1. The minimum Gasteiger partial charge on any atom is -0.493 e. The number of halogens is 1. The molecule has 0 spiro atoms. The minimum absolute atomic E-state index is 0.234. The lowest BCUT2D eigenvalue weighted by Crippen LogP contribution is -2.32. The van der Waals surface area contributed by atoms with Gasteiger partial charge in [-0.15, -0.1) is 0 Å². The van der Waals surface area contributed by atoms with Gasteiger partial charge in [-0.25, -0.2) is 5.43 Å². The summed E-state index contributed by atoms with van der Waals surface area (Å²) in [6.07, 6.45) is 2.07. The molecule has 0 fully saturated rings. The van der Waals surface area contributed by atoms with Gasteiger partial charge >= 0.3 is 11.8 Å². The number of anilines is 2. The van der Waals surface area contributed by atoms with Gasteiger partial charge in [0.05, 0.1) is 17.8 Å². The predicted octanol–water partition coefficient (Wildman–Crippen LogP) is 4.43. The number of methoxy groups -OCH3 is 1. The molecule has 0 heterocycles. The maximum Gasteiger partial charge on any atom is 0.329 e. The van der Waals surface area contributed by atoms with E-state index < -0.39 is 11.8 Å². The number of carbonyl (C=O) groups excluding carboxylic acids is 3. The van der Waals surface area contributed by atoms with E-state index in [0.29, 0.717) is 39.3 Å². The molecule has 9 nitrogen and oxygen atoms in total. The van der Waals surface area contributed by atoms with E-state index in [1.807, 2.05) is 50.2 Å². The zero-order valence-electron chi connectivity index (χ0n) is 20.6. The Morgan fingerprint density at radius 3 is 2.43 bits per heavy atom. The number of hydrogen-bond donors (Lipinski definition) is 3. The van der Waals surface area contributed by atoms with Crippen LogP contribution in [0.3, 0.4) is 0 Å². The molecule has 0 aliphatic rings. The largest absolute Gasteiger partial charge is 0.493 e. The summed E-state index contributed by atoms with van der Waals surface area (Å²) in [6.45, 7) is 3.69. The third-order valence-corrected chi connectivity index (χ3v) is 5.76. The predicted molar refractivity (Wildman–Crippen MR) is 146 cm³/mol. The number of para-hydroxylation sites is 1. The van der Waals surface area contributed by atoms with Gasteiger partial charge in [0.25, 0.3) is 5.91 Å². The van der Waals surface area contributed by atoms with Gasteiger partial charge in [0.15, 0.2) is 18.1 Å². The first kappa shape index (κ1) is 27.4. The van der Waals surface area contributed by atoms with Gasteiger partial charge in [0.1, 0.15) is 0 Å². The van der Waals surface area contributed by atoms with Gasteiger partial charge in [0, 0.05) is 11.4 Å². The summed E-state index contributed by atoms with van der Waals surface area (Å²) in [4.78, 5) is 36.6. The van der Waals surface area contributed by atoms with Gasteiger partial charge in [-0.05, 0) is 70.7 Å². The average molecular weight is 567 g/mol. The van der Waals surface area contributed by atoms with E-state index in [-0.39, 0.29) is 12.5 Å². The summed E-state index contributed by atoms with van der Waals surface area (Å²) in [5.74, 6) is -1.39. The van der Waals surface area contributed by atoms with Crippen LogP contribution in [-0.4, -0.2) is 37.7 Å². The van der Waals surface area contributed by atoms with Crippen molar-refractivity contribution >= 4 is 51.2 Å². The van der Waals surface area contributed by atoms with Crippen LogP contribution in [0.4, 0.5) is 11.4 Å². The topological polar surface area (TPSA) is 118 Å². The van der Waals surface area contributed by atoms with Gasteiger partial charge in [-0.1, -0.05) is 42.8 Å². The average Bonchev–Trinajstić information content (AvgIpc) is 2.89. The quantitative estimate of drug-likeness (QED) is 0.201. The van der Waals surface area contributed by atoms with Crippen LogP contribution in [0.25, 0.3) is 0 Å². The number of hydrogen-bond acceptors (Lipinski definition) is 6. The second-order valence-corrected chi connectivity index (χ2v) is 8.76. The molecule has 3 rings (SSSR count). The molecule has 3 aromatic carbocycles. The lowest BCUT2D eigenvalue weighted by molar-refractivity contribution is -0.136. The maximum absolute atomic E-state index is 12.3. The Kier molecular flexibility index (Phi) is 9.79. The van der Waals surface area contributed by atoms with Crippen LogP contribution in [0, 0.1) is 6.92 Å². The van der Waals surface area contributed by atoms with Crippen molar-refractivity contribution in [2.75, 3.05) is 24.4 Å². The van der Waals surface area contributed by atoms with E-state index in [9.17, 15) is 14.4 Å². The zero-order valence-corrected chi connectivity index (χ0v) is 22.2. The summed E-state index contributed by atoms with van der Waals surface area (Å²) in [5.41, 5.74) is 6.01. The molecular formula is C27H27BrN4O5. The fourth-order valence-corrected chi connectivity index (χ4v) is 3.85. The van der Waals surface area contributed by atoms with Crippen LogP contribution in [0.15, 0.2) is 70.2 Å². The van der Waals surface area contributed by atoms with Crippen LogP contribution < -0.4 is 25.5 Å². The number of ether oxygens (including phenoxy) is 2. The molecule has 0 unspecified atom stereocenters. The van der Waals surface area contributed by atoms with Crippen molar-refractivity contribution in [3.05, 3.63) is 81.8 Å². The fourth-order valence-electron chi connectivity index (χ4n) is 3.27. The highest BCUT2D eigenvalue weighted by molar-refractivity contribution is 9.10. The fraction of sp³-hybridized carbons (Fsp3) is 0.185. The van der Waals surface area contributed by atoms with Crippen molar-refractivity contribution in [2.24, 2.45) is 5.10 Å². The summed E-state index contributed by atoms with van der Waals surface area (Å²) in [5, 5.41) is 9.20. The Labute approximate surface area is 223 Å². The molecule has 37 heavy (non-hydrogen) atoms. The number of nitrogens with one attached hydrogen (secondary N) is 3. The number of carbonyl (C=O) groups is 3. The molecule has 10 heteroatoms. The van der Waals surface area contributed by atoms with Crippen LogP contribution in [-0.2, 0) is 20.8 Å². The number of amides is 3. The van der Waals surface area contributed by atoms with Crippen molar-refractivity contribution in [2.45, 2.75) is 20.3 Å². The SMILES string of the molecule is CCc1ccccc1NC(=O)C(=O)N/N=C\c1cc(Br)c(OCC(=O)Nc2ccc(C)cc2)c(OC)c1. The van der Waals surface area contributed by atoms with Crippen LogP contribution in [0.5, 0.6) is 11.5 Å². The Bertz CT molecular complexity index is 1310. The number of aryl methyl sites for hydroxylation is 2. The Balaban J connectivity index is 1.58. The lowest BCUT2D eigenvalue weighted by Gasteiger charge is -2.13. The Hall–Kier alpha value is -4.18. The second-order valence-electron chi connectivity index (χ2n) is 7.90. The molecule has 0 aliphatic heterocycles. The monoisotopic (exact) mass is 566 g/mol. The highest BCUT2D eigenvalue weighted by atomic mass is 79.9. The maximum atomic E-state index is 12.3. The number of rotatable bonds is 9. The molecule has 0 radical (unpaired) electrons. The van der Waals surface area contributed by atoms with Crippen LogP contribution >= 0.6 is 15.9 Å². The molecule has 0 saturated heterocycles. The van der Waals surface area contributed by atoms with Gasteiger partial charge < -0.3 is 20.1 Å². The molecule has 0 saturated carbocycles. The molecule has 192 valence electrons. The standard InChI is InChI=1S/C27H27BrN4O5/c1-4-19-7-5-6-8-22(19)31-26(34)27(35)32-29-15-18-13-21(28)25(23(14-18)36-3)37-16-24(33)30-20-11-9-17(2)10-12-20/h5-15H,4,16H2,1-3H3,(H,30,33)(H,31,34)(H,32,35)/b29-15-. The first-order valence-corrected chi connectivity index (χ1v) is 12.2. The third kappa shape index (κ3) is 7.91. The molecule has 3 aromatic rings. The second kappa shape index (κ2) is 13.2. The van der Waals surface area contributed by atoms with E-state index in [2.05, 4.69) is 37.1 Å². The molecular weight excluding hydrogens is 540 g/mol. The smallest absolute Gasteiger partial charge is 0.329 e. The van der Waals surface area contributed by atoms with Gasteiger partial charge in [0.2, 0.25) is 0 Å². The van der Waals surface area contributed by atoms with Gasteiger partial charge in [-0.3, -0.25) is 14.4 Å².